The maximum Gasteiger partial charge on any atom is 0.266 e. The van der Waals surface area contributed by atoms with Gasteiger partial charge in [-0.1, -0.05) is 53.6 Å². The number of carbonyl (C=O) groups excluding carboxylic acids is 5. The third-order valence-corrected chi connectivity index (χ3v) is 7.96. The second-order valence-electron chi connectivity index (χ2n) is 11.2. The van der Waals surface area contributed by atoms with Crippen molar-refractivity contribution in [3.8, 4) is 0 Å². The predicted octanol–water partition coefficient (Wildman–Crippen LogP) is 5.77. The molecule has 0 spiro atoms. The minimum atomic E-state index is -0.491. The smallest absolute Gasteiger partial charge is 0.266 e. The van der Waals surface area contributed by atoms with Gasteiger partial charge in [-0.3, -0.25) is 28.9 Å². The molecular weight excluding hydrogens is 528 g/mol. The van der Waals surface area contributed by atoms with Crippen LogP contribution in [0.2, 0.25) is 0 Å². The van der Waals surface area contributed by atoms with Crippen LogP contribution in [0.4, 0.5) is 5.69 Å². The van der Waals surface area contributed by atoms with Crippen LogP contribution in [-0.4, -0.2) is 41.4 Å². The normalized spacial score (nSPS) is 14.1. The first-order valence-corrected chi connectivity index (χ1v) is 13.7. The molecule has 0 fully saturated rings. The predicted molar refractivity (Wildman–Crippen MR) is 159 cm³/mol. The molecule has 4 aromatic rings. The third kappa shape index (κ3) is 4.25. The van der Waals surface area contributed by atoms with Crippen LogP contribution in [0.1, 0.15) is 90.7 Å². The van der Waals surface area contributed by atoms with Crippen LogP contribution in [0.15, 0.2) is 66.7 Å². The van der Waals surface area contributed by atoms with E-state index in [0.717, 1.165) is 28.0 Å². The first-order chi connectivity index (χ1) is 19.9. The Bertz CT molecular complexity index is 1880. The Labute approximate surface area is 243 Å². The van der Waals surface area contributed by atoms with Crippen LogP contribution in [0.5, 0.6) is 0 Å². The molecule has 7 nitrogen and oxygen atoms in total. The second kappa shape index (κ2) is 9.73. The number of rotatable bonds is 5. The fourth-order valence-electron chi connectivity index (χ4n) is 6.16. The Morgan fingerprint density at radius 1 is 0.571 bits per heavy atom. The third-order valence-electron chi connectivity index (χ3n) is 7.96. The van der Waals surface area contributed by atoms with Crippen molar-refractivity contribution in [2.45, 2.75) is 34.1 Å². The lowest BCUT2D eigenvalue weighted by molar-refractivity contribution is 0.0692. The minimum Gasteiger partial charge on any atom is -0.289 e. The first kappa shape index (κ1) is 27.0. The number of carbonyl (C=O) groups is 5. The summed E-state index contributed by atoms with van der Waals surface area (Å²) in [5.41, 5.74) is 8.05. The molecule has 0 bridgehead atoms. The van der Waals surface area contributed by atoms with Crippen molar-refractivity contribution in [2.75, 3.05) is 11.9 Å². The molecule has 208 valence electrons. The minimum absolute atomic E-state index is 0.149. The van der Waals surface area contributed by atoms with Gasteiger partial charge in [0.15, 0.2) is 5.78 Å². The molecule has 0 radical (unpaired) electrons. The van der Waals surface area contributed by atoms with Gasteiger partial charge in [0, 0.05) is 18.2 Å². The Balaban J connectivity index is 1.30. The van der Waals surface area contributed by atoms with Gasteiger partial charge in [0.1, 0.15) is 0 Å². The number of ketones is 1. The lowest BCUT2D eigenvalue weighted by atomic mass is 9.96. The fourth-order valence-corrected chi connectivity index (χ4v) is 6.16. The lowest BCUT2D eigenvalue weighted by Gasteiger charge is -2.20. The molecule has 2 heterocycles. The van der Waals surface area contributed by atoms with E-state index in [-0.39, 0.29) is 33.4 Å². The summed E-state index contributed by atoms with van der Waals surface area (Å²) >= 11 is 0. The second-order valence-corrected chi connectivity index (χ2v) is 11.2. The molecule has 42 heavy (non-hydrogen) atoms. The van der Waals surface area contributed by atoms with Crippen LogP contribution in [0, 0.1) is 27.7 Å². The van der Waals surface area contributed by atoms with Crippen molar-refractivity contribution >= 4 is 35.1 Å². The molecule has 7 heteroatoms. The molecule has 4 aromatic carbocycles. The van der Waals surface area contributed by atoms with E-state index in [9.17, 15) is 24.0 Å². The Morgan fingerprint density at radius 2 is 1.02 bits per heavy atom. The highest BCUT2D eigenvalue weighted by molar-refractivity contribution is 6.35. The zero-order chi connectivity index (χ0) is 30.0. The van der Waals surface area contributed by atoms with E-state index in [4.69, 9.17) is 0 Å². The maximum atomic E-state index is 13.6. The van der Waals surface area contributed by atoms with Crippen LogP contribution >= 0.6 is 0 Å². The summed E-state index contributed by atoms with van der Waals surface area (Å²) in [5.74, 6) is -2.24. The Hall–Kier alpha value is -5.17. The van der Waals surface area contributed by atoms with Crippen molar-refractivity contribution in [2.24, 2.45) is 0 Å². The van der Waals surface area contributed by atoms with Crippen LogP contribution in [0.3, 0.4) is 0 Å². The number of benzene rings is 4. The zero-order valence-electron chi connectivity index (χ0n) is 24.0. The van der Waals surface area contributed by atoms with E-state index < -0.39 is 29.4 Å². The molecule has 2 aliphatic rings. The summed E-state index contributed by atoms with van der Waals surface area (Å²) in [5, 5.41) is 0. The highest BCUT2D eigenvalue weighted by Crippen LogP contribution is 2.35. The largest absolute Gasteiger partial charge is 0.289 e. The van der Waals surface area contributed by atoms with Gasteiger partial charge in [-0.05, 0) is 80.6 Å². The van der Waals surface area contributed by atoms with Gasteiger partial charge in [0.05, 0.1) is 27.9 Å². The van der Waals surface area contributed by atoms with Gasteiger partial charge in [0.2, 0.25) is 0 Å². The van der Waals surface area contributed by atoms with Crippen molar-refractivity contribution in [3.63, 3.8) is 0 Å². The summed E-state index contributed by atoms with van der Waals surface area (Å²) in [6, 6.07) is 19.3. The van der Waals surface area contributed by atoms with Gasteiger partial charge in [-0.2, -0.15) is 0 Å². The van der Waals surface area contributed by atoms with Gasteiger partial charge in [0.25, 0.3) is 23.6 Å². The number of aryl methyl sites for hydroxylation is 4. The van der Waals surface area contributed by atoms with Crippen molar-refractivity contribution in [3.05, 3.63) is 133 Å². The first-order valence-electron chi connectivity index (χ1n) is 13.7. The molecule has 0 aromatic heterocycles. The number of amides is 4. The molecule has 0 saturated carbocycles. The van der Waals surface area contributed by atoms with E-state index in [2.05, 4.69) is 32.0 Å². The average Bonchev–Trinajstić information content (AvgIpc) is 3.31. The summed E-state index contributed by atoms with van der Waals surface area (Å²) in [6.45, 7) is 7.93. The molecule has 0 N–H and O–H groups in total. The lowest BCUT2D eigenvalue weighted by Crippen LogP contribution is -2.30. The van der Waals surface area contributed by atoms with Crippen LogP contribution < -0.4 is 4.90 Å². The van der Waals surface area contributed by atoms with Gasteiger partial charge >= 0.3 is 0 Å². The number of hydrogen-bond donors (Lipinski definition) is 0. The summed E-state index contributed by atoms with van der Waals surface area (Å²) in [7, 11) is 1.39. The number of nitrogens with zero attached hydrogens (tertiary/aromatic N) is 2. The SMILES string of the molecule is Cc1cc(C)cc(Cc2cc(C)c(N3C(=O)c4ccc(C(=O)c5ccc6c(c5)C(=O)N(C)C6=O)cc4C3=O)c(C)c2)c1. The van der Waals surface area contributed by atoms with E-state index in [1.54, 1.807) is 0 Å². The van der Waals surface area contributed by atoms with Crippen LogP contribution in [0.25, 0.3) is 0 Å². The molecule has 6 rings (SSSR count). The number of imide groups is 2. The number of fused-ring (bicyclic) bond motifs is 2. The Kier molecular flexibility index (Phi) is 6.26. The quantitative estimate of drug-likeness (QED) is 0.230. The number of anilines is 1. The standard InChI is InChI=1S/C35H28N2O5/c1-18-10-19(2)12-22(11-18)15-23-13-20(3)30(21(4)14-23)37-34(41)27-9-7-25(17-29(27)35(37)42)31(38)24-6-8-26-28(16-24)33(40)36(5)32(26)39/h6-14,16-17H,15H2,1-5H3. The van der Waals surface area contributed by atoms with Gasteiger partial charge in [-0.25, -0.2) is 4.90 Å². The monoisotopic (exact) mass is 556 g/mol. The molecule has 0 aliphatic carbocycles. The van der Waals surface area contributed by atoms with Gasteiger partial charge in [-0.15, -0.1) is 0 Å². The molecule has 0 atom stereocenters. The average molecular weight is 557 g/mol. The summed E-state index contributed by atoms with van der Waals surface area (Å²) < 4.78 is 0. The van der Waals surface area contributed by atoms with Crippen molar-refractivity contribution in [1.82, 2.24) is 4.90 Å². The number of hydrogen-bond acceptors (Lipinski definition) is 5. The van der Waals surface area contributed by atoms with Crippen molar-refractivity contribution in [1.29, 1.82) is 0 Å². The summed E-state index contributed by atoms with van der Waals surface area (Å²) in [6.07, 6.45) is 0.733. The molecule has 2 aliphatic heterocycles. The molecule has 4 amide bonds. The topological polar surface area (TPSA) is 91.8 Å². The zero-order valence-corrected chi connectivity index (χ0v) is 24.0. The van der Waals surface area contributed by atoms with E-state index in [1.807, 2.05) is 26.0 Å². The van der Waals surface area contributed by atoms with Crippen LogP contribution in [-0.2, 0) is 6.42 Å². The summed E-state index contributed by atoms with van der Waals surface area (Å²) in [4.78, 5) is 67.4. The van der Waals surface area contributed by atoms with E-state index in [1.165, 1.54) is 65.0 Å². The maximum absolute atomic E-state index is 13.6. The Morgan fingerprint density at radius 3 is 1.60 bits per heavy atom. The van der Waals surface area contributed by atoms with Crippen molar-refractivity contribution < 1.29 is 24.0 Å². The van der Waals surface area contributed by atoms with E-state index >= 15 is 0 Å². The molecular formula is C35H28N2O5. The fraction of sp³-hybridized carbons (Fsp3) is 0.171. The van der Waals surface area contributed by atoms with Gasteiger partial charge < -0.3 is 0 Å². The molecule has 0 unspecified atom stereocenters. The highest BCUT2D eigenvalue weighted by Gasteiger charge is 2.39. The van der Waals surface area contributed by atoms with E-state index in [0.29, 0.717) is 5.69 Å². The highest BCUT2D eigenvalue weighted by atomic mass is 16.2. The molecule has 0 saturated heterocycles.